The minimum atomic E-state index is 0.131. The maximum atomic E-state index is 7.14. The van der Waals surface area contributed by atoms with Gasteiger partial charge in [-0.25, -0.2) is 9.83 Å². The molecule has 0 amide bonds. The number of hydrogen-bond acceptors (Lipinski definition) is 2. The van der Waals surface area contributed by atoms with E-state index in [0.717, 1.165) is 24.5 Å². The fourth-order valence-corrected chi connectivity index (χ4v) is 3.26. The molecule has 1 saturated heterocycles. The van der Waals surface area contributed by atoms with E-state index in [4.69, 9.17) is 6.57 Å². The lowest BCUT2D eigenvalue weighted by atomic mass is 10.1. The SMILES string of the molecule is [C-]#[N+]c1cccc(N2CC3CC3(C#Cc3ccccn3)C2)c1. The van der Waals surface area contributed by atoms with Crippen molar-refractivity contribution >= 4 is 11.4 Å². The van der Waals surface area contributed by atoms with Crippen molar-refractivity contribution in [3.8, 4) is 11.8 Å². The van der Waals surface area contributed by atoms with Crippen LogP contribution in [0.5, 0.6) is 0 Å². The van der Waals surface area contributed by atoms with Gasteiger partial charge in [0.15, 0.2) is 5.69 Å². The second-order valence-electron chi connectivity index (χ2n) is 6.03. The predicted octanol–water partition coefficient (Wildman–Crippen LogP) is 3.51. The zero-order valence-corrected chi connectivity index (χ0v) is 12.2. The zero-order chi connectivity index (χ0) is 15.0. The Balaban J connectivity index is 1.54. The smallest absolute Gasteiger partial charge is 0.189 e. The lowest BCUT2D eigenvalue weighted by molar-refractivity contribution is 0.706. The summed E-state index contributed by atoms with van der Waals surface area (Å²) in [5.74, 6) is 7.34. The van der Waals surface area contributed by atoms with Gasteiger partial charge in [-0.15, -0.1) is 0 Å². The molecule has 22 heavy (non-hydrogen) atoms. The van der Waals surface area contributed by atoms with Gasteiger partial charge in [-0.3, -0.25) is 0 Å². The van der Waals surface area contributed by atoms with Gasteiger partial charge >= 0.3 is 0 Å². The molecule has 1 aromatic carbocycles. The molecule has 0 radical (unpaired) electrons. The number of aromatic nitrogens is 1. The Morgan fingerprint density at radius 1 is 1.27 bits per heavy atom. The van der Waals surface area contributed by atoms with Gasteiger partial charge in [0.1, 0.15) is 5.69 Å². The van der Waals surface area contributed by atoms with Crippen molar-refractivity contribution in [2.45, 2.75) is 6.42 Å². The largest absolute Gasteiger partial charge is 0.371 e. The predicted molar refractivity (Wildman–Crippen MR) is 86.6 cm³/mol. The number of hydrogen-bond donors (Lipinski definition) is 0. The van der Waals surface area contributed by atoms with Gasteiger partial charge in [0.25, 0.3) is 0 Å². The average Bonchev–Trinajstić information content (AvgIpc) is 3.14. The first-order chi connectivity index (χ1) is 10.8. The monoisotopic (exact) mass is 285 g/mol. The summed E-state index contributed by atoms with van der Waals surface area (Å²) in [4.78, 5) is 10.1. The molecule has 3 heteroatoms. The maximum absolute atomic E-state index is 7.14. The van der Waals surface area contributed by atoms with E-state index in [1.807, 2.05) is 36.4 Å². The van der Waals surface area contributed by atoms with Crippen LogP contribution in [0.15, 0.2) is 48.7 Å². The van der Waals surface area contributed by atoms with E-state index in [9.17, 15) is 0 Å². The molecule has 0 bridgehead atoms. The Morgan fingerprint density at radius 2 is 2.23 bits per heavy atom. The molecule has 2 aliphatic rings. The third-order valence-electron chi connectivity index (χ3n) is 4.57. The second kappa shape index (κ2) is 4.90. The van der Waals surface area contributed by atoms with E-state index in [1.165, 1.54) is 6.42 Å². The molecule has 0 spiro atoms. The van der Waals surface area contributed by atoms with Crippen LogP contribution < -0.4 is 4.90 Å². The van der Waals surface area contributed by atoms with Crippen molar-refractivity contribution in [3.05, 3.63) is 65.8 Å². The van der Waals surface area contributed by atoms with Crippen LogP contribution >= 0.6 is 0 Å². The molecule has 3 nitrogen and oxygen atoms in total. The van der Waals surface area contributed by atoms with Crippen molar-refractivity contribution in [1.29, 1.82) is 0 Å². The minimum absolute atomic E-state index is 0.131. The Kier molecular flexibility index (Phi) is 2.88. The number of rotatable bonds is 1. The number of fused-ring (bicyclic) bond motifs is 1. The molecule has 1 aromatic heterocycles. The highest BCUT2D eigenvalue weighted by atomic mass is 15.2. The fourth-order valence-electron chi connectivity index (χ4n) is 3.26. The van der Waals surface area contributed by atoms with Gasteiger partial charge in [0, 0.05) is 25.0 Å². The van der Waals surface area contributed by atoms with Crippen LogP contribution in [0.4, 0.5) is 11.4 Å². The molecule has 2 aromatic rings. The summed E-state index contributed by atoms with van der Waals surface area (Å²) in [7, 11) is 0. The third kappa shape index (κ3) is 2.22. The molecular weight excluding hydrogens is 270 g/mol. The number of piperidine rings is 1. The third-order valence-corrected chi connectivity index (χ3v) is 4.57. The summed E-state index contributed by atoms with van der Waals surface area (Å²) < 4.78 is 0. The highest BCUT2D eigenvalue weighted by molar-refractivity contribution is 5.60. The van der Waals surface area contributed by atoms with E-state index < -0.39 is 0 Å². The zero-order valence-electron chi connectivity index (χ0n) is 12.2. The Morgan fingerprint density at radius 3 is 3.05 bits per heavy atom. The van der Waals surface area contributed by atoms with E-state index in [2.05, 4.69) is 32.6 Å². The molecular formula is C19H15N3. The highest BCUT2D eigenvalue weighted by Gasteiger charge is 2.59. The number of anilines is 1. The first kappa shape index (κ1) is 12.9. The Labute approximate surface area is 130 Å². The summed E-state index contributed by atoms with van der Waals surface area (Å²) in [6.07, 6.45) is 2.97. The summed E-state index contributed by atoms with van der Waals surface area (Å²) in [6.45, 7) is 9.13. The van der Waals surface area contributed by atoms with Crippen molar-refractivity contribution < 1.29 is 0 Å². The van der Waals surface area contributed by atoms with Crippen LogP contribution in [0.2, 0.25) is 0 Å². The van der Waals surface area contributed by atoms with Gasteiger partial charge < -0.3 is 4.90 Å². The van der Waals surface area contributed by atoms with Gasteiger partial charge in [-0.2, -0.15) is 0 Å². The maximum Gasteiger partial charge on any atom is 0.189 e. The standard InChI is InChI=1S/C19H15N3/c1-20-17-6-4-7-18(11-17)22-13-15-12-19(15,14-22)9-8-16-5-2-3-10-21-16/h2-7,10-11,15H,12-14H2. The molecule has 1 aliphatic carbocycles. The molecule has 2 heterocycles. The molecule has 1 saturated carbocycles. The van der Waals surface area contributed by atoms with Crippen molar-refractivity contribution in [1.82, 2.24) is 4.98 Å². The molecule has 2 atom stereocenters. The molecule has 4 rings (SSSR count). The van der Waals surface area contributed by atoms with E-state index in [0.29, 0.717) is 11.6 Å². The number of nitrogens with zero attached hydrogens (tertiary/aromatic N) is 3. The van der Waals surface area contributed by atoms with Gasteiger partial charge in [0.05, 0.1) is 12.0 Å². The highest BCUT2D eigenvalue weighted by Crippen LogP contribution is 2.58. The van der Waals surface area contributed by atoms with Crippen molar-refractivity contribution in [2.24, 2.45) is 11.3 Å². The summed E-state index contributed by atoms with van der Waals surface area (Å²) >= 11 is 0. The summed E-state index contributed by atoms with van der Waals surface area (Å²) in [5.41, 5.74) is 2.81. The Hall–Kier alpha value is -2.78. The molecule has 106 valence electrons. The van der Waals surface area contributed by atoms with Gasteiger partial charge in [0.2, 0.25) is 0 Å². The van der Waals surface area contributed by atoms with Crippen LogP contribution in [-0.4, -0.2) is 18.1 Å². The van der Waals surface area contributed by atoms with Crippen LogP contribution in [0.3, 0.4) is 0 Å². The number of benzene rings is 1. The van der Waals surface area contributed by atoms with E-state index >= 15 is 0 Å². The molecule has 2 fully saturated rings. The van der Waals surface area contributed by atoms with Crippen molar-refractivity contribution in [3.63, 3.8) is 0 Å². The molecule has 1 aliphatic heterocycles. The van der Waals surface area contributed by atoms with Crippen LogP contribution in [-0.2, 0) is 0 Å². The second-order valence-corrected chi connectivity index (χ2v) is 6.03. The van der Waals surface area contributed by atoms with Crippen LogP contribution in [0.25, 0.3) is 4.85 Å². The van der Waals surface area contributed by atoms with Crippen LogP contribution in [0, 0.1) is 29.7 Å². The van der Waals surface area contributed by atoms with Crippen molar-refractivity contribution in [2.75, 3.05) is 18.0 Å². The first-order valence-corrected chi connectivity index (χ1v) is 7.46. The topological polar surface area (TPSA) is 20.5 Å². The summed E-state index contributed by atoms with van der Waals surface area (Å²) in [5, 5.41) is 0. The lowest BCUT2D eigenvalue weighted by Gasteiger charge is -2.21. The normalized spacial score (nSPS) is 24.9. The first-order valence-electron chi connectivity index (χ1n) is 7.46. The average molecular weight is 285 g/mol. The molecule has 2 unspecified atom stereocenters. The van der Waals surface area contributed by atoms with E-state index in [-0.39, 0.29) is 5.41 Å². The minimum Gasteiger partial charge on any atom is -0.371 e. The molecule has 0 N–H and O–H groups in total. The fraction of sp³-hybridized carbons (Fsp3) is 0.263. The van der Waals surface area contributed by atoms with Gasteiger partial charge in [-0.05, 0) is 42.5 Å². The quantitative estimate of drug-likeness (QED) is 0.590. The lowest BCUT2D eigenvalue weighted by Crippen LogP contribution is -2.23. The van der Waals surface area contributed by atoms with E-state index in [1.54, 1.807) is 6.20 Å². The Bertz CT molecular complexity index is 810. The number of pyridine rings is 1. The summed E-state index contributed by atoms with van der Waals surface area (Å²) in [6, 6.07) is 13.7. The van der Waals surface area contributed by atoms with Crippen LogP contribution in [0.1, 0.15) is 12.1 Å². The van der Waals surface area contributed by atoms with Gasteiger partial charge in [-0.1, -0.05) is 24.1 Å².